The van der Waals surface area contributed by atoms with Gasteiger partial charge in [-0.05, 0) is 54.4 Å². The summed E-state index contributed by atoms with van der Waals surface area (Å²) in [7, 11) is 0. The summed E-state index contributed by atoms with van der Waals surface area (Å²) >= 11 is 5.98. The van der Waals surface area contributed by atoms with E-state index >= 15 is 0 Å². The lowest BCUT2D eigenvalue weighted by Gasteiger charge is -2.12. The first kappa shape index (κ1) is 23.8. The van der Waals surface area contributed by atoms with Crippen LogP contribution in [0.25, 0.3) is 5.70 Å². The van der Waals surface area contributed by atoms with Crippen LogP contribution in [0.1, 0.15) is 28.4 Å². The molecule has 0 aliphatic heterocycles. The standard InChI is InChI=1S/C26H23ClN2O4/c1-2-33-26(32)20-10-14-22(15-11-20)29-25(31)24(30)16-23(19-8-12-21(27)13-9-19)28-17-18-6-4-3-5-7-18/h3-16,28H,2,17H2,1H3,(H,29,31). The molecule has 0 aromatic heterocycles. The Bertz CT molecular complexity index is 1140. The zero-order valence-electron chi connectivity index (χ0n) is 18.0. The maximum Gasteiger partial charge on any atom is 0.338 e. The molecular weight excluding hydrogens is 440 g/mol. The summed E-state index contributed by atoms with van der Waals surface area (Å²) in [5, 5.41) is 6.33. The summed E-state index contributed by atoms with van der Waals surface area (Å²) in [5.41, 5.74) is 2.98. The molecule has 0 saturated heterocycles. The number of halogens is 1. The second-order valence-corrected chi connectivity index (χ2v) is 7.46. The zero-order chi connectivity index (χ0) is 23.6. The number of esters is 1. The molecular formula is C26H23ClN2O4. The molecule has 0 bridgehead atoms. The number of ether oxygens (including phenoxy) is 1. The molecule has 3 aromatic rings. The fourth-order valence-corrected chi connectivity index (χ4v) is 3.08. The van der Waals surface area contributed by atoms with Crippen molar-refractivity contribution in [1.82, 2.24) is 5.32 Å². The van der Waals surface area contributed by atoms with Gasteiger partial charge in [-0.25, -0.2) is 4.79 Å². The molecule has 1 amide bonds. The number of carbonyl (C=O) groups is 3. The van der Waals surface area contributed by atoms with Gasteiger partial charge in [-0.3, -0.25) is 9.59 Å². The van der Waals surface area contributed by atoms with Crippen LogP contribution in [0.3, 0.4) is 0 Å². The Morgan fingerprint density at radius 1 is 0.879 bits per heavy atom. The molecule has 0 atom stereocenters. The van der Waals surface area contributed by atoms with E-state index < -0.39 is 17.7 Å². The van der Waals surface area contributed by atoms with Crippen LogP contribution in [-0.2, 0) is 20.9 Å². The number of ketones is 1. The van der Waals surface area contributed by atoms with Crippen molar-refractivity contribution in [1.29, 1.82) is 0 Å². The van der Waals surface area contributed by atoms with E-state index in [1.807, 2.05) is 30.3 Å². The SMILES string of the molecule is CCOC(=O)c1ccc(NC(=O)C(=O)C=C(NCc2ccccc2)c2ccc(Cl)cc2)cc1. The number of carbonyl (C=O) groups excluding carboxylic acids is 3. The summed E-state index contributed by atoms with van der Waals surface area (Å²) < 4.78 is 4.93. The van der Waals surface area contributed by atoms with Crippen molar-refractivity contribution in [2.24, 2.45) is 0 Å². The van der Waals surface area contributed by atoms with E-state index in [0.29, 0.717) is 28.5 Å². The van der Waals surface area contributed by atoms with Crippen LogP contribution < -0.4 is 10.6 Å². The average molecular weight is 463 g/mol. The van der Waals surface area contributed by atoms with Gasteiger partial charge in [-0.15, -0.1) is 0 Å². The number of hydrogen-bond donors (Lipinski definition) is 2. The highest BCUT2D eigenvalue weighted by Gasteiger charge is 2.15. The molecule has 33 heavy (non-hydrogen) atoms. The first-order chi connectivity index (χ1) is 16.0. The van der Waals surface area contributed by atoms with E-state index in [9.17, 15) is 14.4 Å². The molecule has 6 nitrogen and oxygen atoms in total. The molecule has 3 rings (SSSR count). The molecule has 0 spiro atoms. The zero-order valence-corrected chi connectivity index (χ0v) is 18.8. The quantitative estimate of drug-likeness (QED) is 0.269. The lowest BCUT2D eigenvalue weighted by molar-refractivity contribution is -0.131. The highest BCUT2D eigenvalue weighted by molar-refractivity contribution is 6.45. The van der Waals surface area contributed by atoms with E-state index in [1.165, 1.54) is 30.3 Å². The average Bonchev–Trinajstić information content (AvgIpc) is 2.83. The van der Waals surface area contributed by atoms with Crippen molar-refractivity contribution in [3.63, 3.8) is 0 Å². The van der Waals surface area contributed by atoms with Crippen molar-refractivity contribution < 1.29 is 19.1 Å². The predicted molar refractivity (Wildman–Crippen MR) is 129 cm³/mol. The first-order valence-electron chi connectivity index (χ1n) is 10.3. The van der Waals surface area contributed by atoms with Crippen LogP contribution >= 0.6 is 11.6 Å². The van der Waals surface area contributed by atoms with Gasteiger partial charge >= 0.3 is 5.97 Å². The van der Waals surface area contributed by atoms with Gasteiger partial charge in [0.2, 0.25) is 5.78 Å². The fraction of sp³-hybridized carbons (Fsp3) is 0.115. The Kier molecular flexibility index (Phi) is 8.38. The maximum atomic E-state index is 12.6. The Morgan fingerprint density at radius 2 is 1.52 bits per heavy atom. The Balaban J connectivity index is 1.73. The summed E-state index contributed by atoms with van der Waals surface area (Å²) in [6.45, 7) is 2.46. The molecule has 3 aromatic carbocycles. The van der Waals surface area contributed by atoms with Gasteiger partial charge in [-0.2, -0.15) is 0 Å². The smallest absolute Gasteiger partial charge is 0.338 e. The first-order valence-corrected chi connectivity index (χ1v) is 10.7. The summed E-state index contributed by atoms with van der Waals surface area (Å²) in [6.07, 6.45) is 1.26. The molecule has 0 aliphatic carbocycles. The number of benzene rings is 3. The van der Waals surface area contributed by atoms with Crippen LogP contribution in [0.5, 0.6) is 0 Å². The molecule has 0 aliphatic rings. The third kappa shape index (κ3) is 7.05. The minimum Gasteiger partial charge on any atom is -0.462 e. The van der Waals surface area contributed by atoms with Gasteiger partial charge in [0.1, 0.15) is 0 Å². The molecule has 2 N–H and O–H groups in total. The molecule has 0 fully saturated rings. The maximum absolute atomic E-state index is 12.6. The summed E-state index contributed by atoms with van der Waals surface area (Å²) in [5.74, 6) is -1.98. The topological polar surface area (TPSA) is 84.5 Å². The molecule has 0 heterocycles. The number of hydrogen-bond acceptors (Lipinski definition) is 5. The van der Waals surface area contributed by atoms with Crippen LogP contribution in [-0.4, -0.2) is 24.3 Å². The van der Waals surface area contributed by atoms with E-state index in [4.69, 9.17) is 16.3 Å². The minimum absolute atomic E-state index is 0.270. The summed E-state index contributed by atoms with van der Waals surface area (Å²) in [6, 6.07) is 22.8. The third-order valence-electron chi connectivity index (χ3n) is 4.63. The predicted octanol–water partition coefficient (Wildman–Crippen LogP) is 4.86. The van der Waals surface area contributed by atoms with Crippen LogP contribution in [0, 0.1) is 0 Å². The van der Waals surface area contributed by atoms with Gasteiger partial charge < -0.3 is 15.4 Å². The fourth-order valence-electron chi connectivity index (χ4n) is 2.95. The van der Waals surface area contributed by atoms with Crippen molar-refractivity contribution >= 4 is 40.6 Å². The highest BCUT2D eigenvalue weighted by atomic mass is 35.5. The third-order valence-corrected chi connectivity index (χ3v) is 4.89. The van der Waals surface area contributed by atoms with Crippen molar-refractivity contribution in [2.75, 3.05) is 11.9 Å². The Hall–Kier alpha value is -3.90. The molecule has 0 saturated carbocycles. The van der Waals surface area contributed by atoms with Crippen molar-refractivity contribution in [3.8, 4) is 0 Å². The number of amides is 1. The number of anilines is 1. The second-order valence-electron chi connectivity index (χ2n) is 7.02. The number of rotatable bonds is 9. The molecule has 7 heteroatoms. The highest BCUT2D eigenvalue weighted by Crippen LogP contribution is 2.17. The lowest BCUT2D eigenvalue weighted by atomic mass is 10.1. The Morgan fingerprint density at radius 3 is 2.15 bits per heavy atom. The monoisotopic (exact) mass is 462 g/mol. The van der Waals surface area contributed by atoms with E-state index in [0.717, 1.165) is 11.1 Å². The van der Waals surface area contributed by atoms with Gasteiger partial charge in [-0.1, -0.05) is 54.1 Å². The number of nitrogens with one attached hydrogen (secondary N) is 2. The van der Waals surface area contributed by atoms with Crippen molar-refractivity contribution in [3.05, 3.63) is 107 Å². The van der Waals surface area contributed by atoms with Gasteiger partial charge in [0.15, 0.2) is 0 Å². The molecule has 0 radical (unpaired) electrons. The lowest BCUT2D eigenvalue weighted by Crippen LogP contribution is -2.23. The van der Waals surface area contributed by atoms with Crippen LogP contribution in [0.15, 0.2) is 84.9 Å². The molecule has 0 unspecified atom stereocenters. The Labute approximate surface area is 197 Å². The van der Waals surface area contributed by atoms with Gasteiger partial charge in [0.05, 0.1) is 12.2 Å². The minimum atomic E-state index is -0.799. The normalized spacial score (nSPS) is 10.9. The van der Waals surface area contributed by atoms with Crippen LogP contribution in [0.2, 0.25) is 5.02 Å². The van der Waals surface area contributed by atoms with E-state index in [1.54, 1.807) is 31.2 Å². The second kappa shape index (κ2) is 11.6. The van der Waals surface area contributed by atoms with Crippen LogP contribution in [0.4, 0.5) is 5.69 Å². The van der Waals surface area contributed by atoms with Gasteiger partial charge in [0, 0.05) is 29.0 Å². The summed E-state index contributed by atoms with van der Waals surface area (Å²) in [4.78, 5) is 36.9. The van der Waals surface area contributed by atoms with Crippen molar-refractivity contribution in [2.45, 2.75) is 13.5 Å². The van der Waals surface area contributed by atoms with E-state index in [2.05, 4.69) is 10.6 Å². The van der Waals surface area contributed by atoms with E-state index in [-0.39, 0.29) is 6.61 Å². The largest absolute Gasteiger partial charge is 0.462 e. The van der Waals surface area contributed by atoms with Gasteiger partial charge in [0.25, 0.3) is 5.91 Å². The molecule has 168 valence electrons.